The SMILES string of the molecule is c1ccc(-n2c3cc(-c4ccc(N(c5ccc(-c6cc7ccccc7c7ccccc67)cc5)c5cccc6sc7ccccc7c56)cc4)ccc3c3ccc4ccccc4c32)cc1. The number of rotatable bonds is 6. The molecule has 3 heteroatoms. The summed E-state index contributed by atoms with van der Waals surface area (Å²) in [5.41, 5.74) is 11.8. The van der Waals surface area contributed by atoms with E-state index in [0.29, 0.717) is 0 Å². The van der Waals surface area contributed by atoms with E-state index >= 15 is 0 Å². The molecule has 294 valence electrons. The van der Waals surface area contributed by atoms with Gasteiger partial charge in [-0.3, -0.25) is 0 Å². The molecule has 2 aromatic heterocycles. The van der Waals surface area contributed by atoms with Crippen LogP contribution in [0.4, 0.5) is 17.1 Å². The van der Waals surface area contributed by atoms with Crippen LogP contribution in [0.2, 0.25) is 0 Å². The molecule has 0 aliphatic heterocycles. The van der Waals surface area contributed by atoms with Crippen LogP contribution in [0.3, 0.4) is 0 Å². The lowest BCUT2D eigenvalue weighted by Gasteiger charge is -2.27. The first-order valence-electron chi connectivity index (χ1n) is 21.6. The Labute approximate surface area is 368 Å². The quantitative estimate of drug-likeness (QED) is 0.152. The van der Waals surface area contributed by atoms with Crippen molar-refractivity contribution in [3.05, 3.63) is 231 Å². The van der Waals surface area contributed by atoms with Gasteiger partial charge in [-0.2, -0.15) is 0 Å². The molecule has 11 aromatic carbocycles. The molecule has 13 aromatic rings. The van der Waals surface area contributed by atoms with Gasteiger partial charge in [0, 0.05) is 53.4 Å². The van der Waals surface area contributed by atoms with E-state index in [2.05, 4.69) is 240 Å². The first-order chi connectivity index (χ1) is 31.2. The molecular formula is C60H38N2S. The van der Waals surface area contributed by atoms with Gasteiger partial charge in [0.25, 0.3) is 0 Å². The molecule has 0 saturated carbocycles. The molecule has 0 N–H and O–H groups in total. The Kier molecular flexibility index (Phi) is 8.12. The molecule has 2 heterocycles. The fourth-order valence-electron chi connectivity index (χ4n) is 10.1. The maximum atomic E-state index is 2.45. The molecule has 0 amide bonds. The Hall–Kier alpha value is -7.98. The monoisotopic (exact) mass is 818 g/mol. The van der Waals surface area contributed by atoms with Crippen molar-refractivity contribution < 1.29 is 0 Å². The second-order valence-corrected chi connectivity index (χ2v) is 17.5. The van der Waals surface area contributed by atoms with Crippen molar-refractivity contribution in [1.82, 2.24) is 4.57 Å². The van der Waals surface area contributed by atoms with Crippen molar-refractivity contribution in [3.8, 4) is 27.9 Å². The van der Waals surface area contributed by atoms with Crippen LogP contribution in [0.5, 0.6) is 0 Å². The predicted octanol–water partition coefficient (Wildman–Crippen LogP) is 17.4. The summed E-state index contributed by atoms with van der Waals surface area (Å²) < 4.78 is 5.03. The van der Waals surface area contributed by atoms with Gasteiger partial charge in [0.2, 0.25) is 0 Å². The van der Waals surface area contributed by atoms with E-state index in [4.69, 9.17) is 0 Å². The lowest BCUT2D eigenvalue weighted by Crippen LogP contribution is -2.10. The minimum Gasteiger partial charge on any atom is -0.310 e. The van der Waals surface area contributed by atoms with E-state index in [1.54, 1.807) is 0 Å². The van der Waals surface area contributed by atoms with E-state index in [0.717, 1.165) is 17.1 Å². The van der Waals surface area contributed by atoms with Gasteiger partial charge in [0.15, 0.2) is 0 Å². The highest BCUT2D eigenvalue weighted by Gasteiger charge is 2.20. The molecule has 0 radical (unpaired) electrons. The van der Waals surface area contributed by atoms with Gasteiger partial charge in [-0.05, 0) is 116 Å². The van der Waals surface area contributed by atoms with Crippen molar-refractivity contribution >= 4 is 103 Å². The molecule has 0 fully saturated rings. The Balaban J connectivity index is 0.960. The van der Waals surface area contributed by atoms with Gasteiger partial charge < -0.3 is 9.47 Å². The van der Waals surface area contributed by atoms with Crippen molar-refractivity contribution in [2.45, 2.75) is 0 Å². The van der Waals surface area contributed by atoms with Crippen LogP contribution in [0.25, 0.3) is 102 Å². The summed E-state index contributed by atoms with van der Waals surface area (Å²) >= 11 is 1.86. The highest BCUT2D eigenvalue weighted by atomic mass is 32.1. The van der Waals surface area contributed by atoms with Gasteiger partial charge in [0.05, 0.1) is 16.7 Å². The van der Waals surface area contributed by atoms with Gasteiger partial charge in [0.1, 0.15) is 0 Å². The topological polar surface area (TPSA) is 8.17 Å². The minimum atomic E-state index is 1.11. The fraction of sp³-hybridized carbons (Fsp3) is 0. The summed E-state index contributed by atoms with van der Waals surface area (Å²) in [5, 5.41) is 12.7. The highest BCUT2D eigenvalue weighted by molar-refractivity contribution is 7.26. The van der Waals surface area contributed by atoms with Gasteiger partial charge in [-0.15, -0.1) is 11.3 Å². The fourth-order valence-corrected chi connectivity index (χ4v) is 11.2. The first-order valence-corrected chi connectivity index (χ1v) is 22.4. The number of fused-ring (bicyclic) bond motifs is 11. The van der Waals surface area contributed by atoms with E-state index in [1.807, 2.05) is 11.3 Å². The summed E-state index contributed by atoms with van der Waals surface area (Å²) in [4.78, 5) is 2.44. The molecule has 0 unspecified atom stereocenters. The van der Waals surface area contributed by atoms with Crippen molar-refractivity contribution in [2.75, 3.05) is 4.90 Å². The number of hydrogen-bond acceptors (Lipinski definition) is 2. The Morgan fingerprint density at radius 2 is 0.952 bits per heavy atom. The zero-order valence-corrected chi connectivity index (χ0v) is 35.1. The average Bonchev–Trinajstić information content (AvgIpc) is 3.91. The summed E-state index contributed by atoms with van der Waals surface area (Å²) in [5.74, 6) is 0. The molecule has 0 bridgehead atoms. The maximum absolute atomic E-state index is 2.45. The zero-order valence-electron chi connectivity index (χ0n) is 34.2. The molecule has 0 atom stereocenters. The predicted molar refractivity (Wildman–Crippen MR) is 272 cm³/mol. The lowest BCUT2D eigenvalue weighted by molar-refractivity contribution is 1.19. The lowest BCUT2D eigenvalue weighted by atomic mass is 9.93. The third-order valence-electron chi connectivity index (χ3n) is 13.0. The van der Waals surface area contributed by atoms with Gasteiger partial charge in [-0.1, -0.05) is 164 Å². The summed E-state index contributed by atoms with van der Waals surface area (Å²) in [7, 11) is 0. The van der Waals surface area contributed by atoms with Crippen LogP contribution >= 0.6 is 11.3 Å². The van der Waals surface area contributed by atoms with Crippen LogP contribution in [-0.2, 0) is 0 Å². The molecule has 63 heavy (non-hydrogen) atoms. The summed E-state index contributed by atoms with van der Waals surface area (Å²) in [6.45, 7) is 0. The van der Waals surface area contributed by atoms with E-state index in [1.165, 1.54) is 102 Å². The number of aromatic nitrogens is 1. The molecule has 0 aliphatic rings. The van der Waals surface area contributed by atoms with Gasteiger partial charge in [-0.25, -0.2) is 0 Å². The number of anilines is 3. The second-order valence-electron chi connectivity index (χ2n) is 16.5. The number of para-hydroxylation sites is 1. The third-order valence-corrected chi connectivity index (χ3v) is 14.1. The normalized spacial score (nSPS) is 11.8. The minimum absolute atomic E-state index is 1.11. The number of hydrogen-bond donors (Lipinski definition) is 0. The number of thiophene rings is 1. The van der Waals surface area contributed by atoms with Gasteiger partial charge >= 0.3 is 0 Å². The standard InChI is InChI=1S/C60H38N2S/c1-2-15-44(16-3-1)62-56-38-42(30-35-51(56)52-36-29-40-13-4-7-18-48(40)60(52)62)39-25-31-45(32-26-39)61(55-22-12-24-58-59(55)53-21-10-11-23-57(53)63-58)46-33-27-41(28-34-46)54-37-43-14-5-6-17-47(43)49-19-8-9-20-50(49)54/h1-38H. The molecule has 13 rings (SSSR count). The molecular weight excluding hydrogens is 781 g/mol. The van der Waals surface area contributed by atoms with E-state index < -0.39 is 0 Å². The molecule has 2 nitrogen and oxygen atoms in total. The van der Waals surface area contributed by atoms with Crippen LogP contribution in [0.1, 0.15) is 0 Å². The second kappa shape index (κ2) is 14.3. The summed E-state index contributed by atoms with van der Waals surface area (Å²) in [6, 6.07) is 84.7. The average molecular weight is 819 g/mol. The van der Waals surface area contributed by atoms with Crippen molar-refractivity contribution in [1.29, 1.82) is 0 Å². The molecule has 0 spiro atoms. The van der Waals surface area contributed by atoms with Crippen molar-refractivity contribution in [3.63, 3.8) is 0 Å². The maximum Gasteiger partial charge on any atom is 0.0619 e. The number of nitrogens with zero attached hydrogens (tertiary/aromatic N) is 2. The van der Waals surface area contributed by atoms with Crippen LogP contribution in [-0.4, -0.2) is 4.57 Å². The van der Waals surface area contributed by atoms with E-state index in [-0.39, 0.29) is 0 Å². The highest BCUT2D eigenvalue weighted by Crippen LogP contribution is 2.46. The molecule has 0 saturated heterocycles. The third kappa shape index (κ3) is 5.71. The Morgan fingerprint density at radius 3 is 1.75 bits per heavy atom. The van der Waals surface area contributed by atoms with E-state index in [9.17, 15) is 0 Å². The Bertz CT molecular complexity index is 3900. The van der Waals surface area contributed by atoms with Crippen molar-refractivity contribution in [2.24, 2.45) is 0 Å². The van der Waals surface area contributed by atoms with Crippen LogP contribution in [0, 0.1) is 0 Å². The molecule has 0 aliphatic carbocycles. The largest absolute Gasteiger partial charge is 0.310 e. The van der Waals surface area contributed by atoms with Crippen LogP contribution in [0.15, 0.2) is 231 Å². The Morgan fingerprint density at radius 1 is 0.349 bits per heavy atom. The van der Waals surface area contributed by atoms with Crippen LogP contribution < -0.4 is 4.90 Å². The smallest absolute Gasteiger partial charge is 0.0619 e. The zero-order chi connectivity index (χ0) is 41.4. The number of benzene rings is 11. The summed E-state index contributed by atoms with van der Waals surface area (Å²) in [6.07, 6.45) is 0. The first kappa shape index (κ1) is 35.7.